The van der Waals surface area contributed by atoms with E-state index in [4.69, 9.17) is 19.2 Å². The SMILES string of the molecule is COc1cc(C)c(-c2nc3ccccc3c(=O)n2N=Cc2cccc(OCC(=O)OC(C)C)c2)cc1C(C)C. The Balaban J connectivity index is 1.78. The lowest BCUT2D eigenvalue weighted by Gasteiger charge is -2.17. The number of para-hydroxylation sites is 1. The first kappa shape index (κ1) is 27.6. The largest absolute Gasteiger partial charge is 0.496 e. The van der Waals surface area contributed by atoms with E-state index in [0.29, 0.717) is 28.0 Å². The van der Waals surface area contributed by atoms with Crippen LogP contribution in [-0.2, 0) is 9.53 Å². The number of benzene rings is 3. The second kappa shape index (κ2) is 11.9. The van der Waals surface area contributed by atoms with Crippen molar-refractivity contribution in [2.24, 2.45) is 5.10 Å². The Bertz CT molecular complexity index is 1590. The number of nitrogens with zero attached hydrogens (tertiary/aromatic N) is 3. The van der Waals surface area contributed by atoms with Gasteiger partial charge in [-0.2, -0.15) is 9.78 Å². The summed E-state index contributed by atoms with van der Waals surface area (Å²) < 4.78 is 17.6. The fraction of sp³-hybridized carbons (Fsp3) is 0.290. The monoisotopic (exact) mass is 527 g/mol. The molecule has 8 nitrogen and oxygen atoms in total. The minimum atomic E-state index is -0.446. The Kier molecular flexibility index (Phi) is 8.44. The number of rotatable bonds is 9. The molecule has 4 aromatic rings. The van der Waals surface area contributed by atoms with Crippen LogP contribution in [0.15, 0.2) is 70.6 Å². The highest BCUT2D eigenvalue weighted by atomic mass is 16.6. The number of methoxy groups -OCH3 is 1. The Hall–Kier alpha value is -4.46. The minimum Gasteiger partial charge on any atom is -0.496 e. The summed E-state index contributed by atoms with van der Waals surface area (Å²) in [6.45, 7) is 9.50. The summed E-state index contributed by atoms with van der Waals surface area (Å²) in [7, 11) is 1.65. The van der Waals surface area contributed by atoms with Gasteiger partial charge in [0.25, 0.3) is 5.56 Å². The quantitative estimate of drug-likeness (QED) is 0.204. The molecule has 1 heterocycles. The van der Waals surface area contributed by atoms with Crippen LogP contribution in [-0.4, -0.2) is 41.7 Å². The lowest BCUT2D eigenvalue weighted by molar-refractivity contribution is -0.149. The Morgan fingerprint density at radius 1 is 1.05 bits per heavy atom. The molecule has 0 aliphatic heterocycles. The number of hydrogen-bond donors (Lipinski definition) is 0. The van der Waals surface area contributed by atoms with E-state index in [2.05, 4.69) is 18.9 Å². The molecule has 8 heteroatoms. The van der Waals surface area contributed by atoms with E-state index < -0.39 is 5.97 Å². The number of fused-ring (bicyclic) bond motifs is 1. The average molecular weight is 528 g/mol. The van der Waals surface area contributed by atoms with Crippen molar-refractivity contribution < 1.29 is 19.0 Å². The normalized spacial score (nSPS) is 11.5. The molecule has 0 aliphatic rings. The summed E-state index contributed by atoms with van der Waals surface area (Å²) in [6.07, 6.45) is 1.36. The van der Waals surface area contributed by atoms with Crippen molar-refractivity contribution in [1.82, 2.24) is 9.66 Å². The molecule has 4 rings (SSSR count). The highest BCUT2D eigenvalue weighted by Gasteiger charge is 2.18. The van der Waals surface area contributed by atoms with Crippen LogP contribution in [0.5, 0.6) is 11.5 Å². The van der Waals surface area contributed by atoms with Gasteiger partial charge < -0.3 is 14.2 Å². The number of carbonyl (C=O) groups is 1. The molecule has 0 N–H and O–H groups in total. The van der Waals surface area contributed by atoms with Gasteiger partial charge in [-0.15, -0.1) is 0 Å². The predicted octanol–water partition coefficient (Wildman–Crippen LogP) is 5.72. The number of ether oxygens (including phenoxy) is 3. The summed E-state index contributed by atoms with van der Waals surface area (Å²) in [5.74, 6) is 1.46. The van der Waals surface area contributed by atoms with Gasteiger partial charge in [0.2, 0.25) is 0 Å². The fourth-order valence-electron chi connectivity index (χ4n) is 4.22. The number of aromatic nitrogens is 2. The summed E-state index contributed by atoms with van der Waals surface area (Å²) in [4.78, 5) is 30.3. The van der Waals surface area contributed by atoms with Gasteiger partial charge in [-0.1, -0.05) is 38.1 Å². The van der Waals surface area contributed by atoms with E-state index in [0.717, 1.165) is 22.4 Å². The minimum absolute atomic E-state index is 0.198. The third-order valence-corrected chi connectivity index (χ3v) is 6.10. The van der Waals surface area contributed by atoms with Crippen molar-refractivity contribution in [2.45, 2.75) is 46.6 Å². The van der Waals surface area contributed by atoms with Crippen LogP contribution in [0.1, 0.15) is 50.3 Å². The van der Waals surface area contributed by atoms with Crippen molar-refractivity contribution in [1.29, 1.82) is 0 Å². The van der Waals surface area contributed by atoms with Crippen LogP contribution in [0.25, 0.3) is 22.3 Å². The molecule has 3 aromatic carbocycles. The standard InChI is InChI=1S/C31H33N3O5/c1-19(2)25-16-26(21(5)14-28(25)37-6)30-33-27-13-8-7-12-24(27)31(36)34(30)32-17-22-10-9-11-23(15-22)38-18-29(35)39-20(3)4/h7-17,19-20H,18H2,1-6H3. The second-order valence-electron chi connectivity index (χ2n) is 9.78. The van der Waals surface area contributed by atoms with E-state index in [-0.39, 0.29) is 24.2 Å². The number of esters is 1. The molecule has 0 saturated carbocycles. The zero-order valence-electron chi connectivity index (χ0n) is 23.1. The molecule has 0 bridgehead atoms. The van der Waals surface area contributed by atoms with Gasteiger partial charge in [-0.05, 0) is 79.8 Å². The molecular formula is C31H33N3O5. The van der Waals surface area contributed by atoms with Gasteiger partial charge in [-0.25, -0.2) is 9.78 Å². The molecule has 0 unspecified atom stereocenters. The van der Waals surface area contributed by atoms with Gasteiger partial charge in [-0.3, -0.25) is 4.79 Å². The van der Waals surface area contributed by atoms with Crippen LogP contribution in [0.2, 0.25) is 0 Å². The maximum atomic E-state index is 13.6. The Labute approximate surface area is 227 Å². The third-order valence-electron chi connectivity index (χ3n) is 6.10. The topological polar surface area (TPSA) is 92.0 Å². The van der Waals surface area contributed by atoms with Gasteiger partial charge in [0.1, 0.15) is 11.5 Å². The molecule has 0 aliphatic carbocycles. The number of hydrogen-bond acceptors (Lipinski definition) is 7. The first-order chi connectivity index (χ1) is 18.7. The highest BCUT2D eigenvalue weighted by molar-refractivity contribution is 5.83. The Morgan fingerprint density at radius 3 is 2.54 bits per heavy atom. The molecule has 1 aromatic heterocycles. The van der Waals surface area contributed by atoms with Crippen molar-refractivity contribution in [3.8, 4) is 22.9 Å². The first-order valence-electron chi connectivity index (χ1n) is 12.8. The summed E-state index contributed by atoms with van der Waals surface area (Å²) in [5.41, 5.74) is 3.71. The van der Waals surface area contributed by atoms with Crippen LogP contribution < -0.4 is 15.0 Å². The zero-order chi connectivity index (χ0) is 28.1. The first-order valence-corrected chi connectivity index (χ1v) is 12.8. The lowest BCUT2D eigenvalue weighted by atomic mass is 9.96. The summed E-state index contributed by atoms with van der Waals surface area (Å²) in [6, 6.07) is 18.3. The smallest absolute Gasteiger partial charge is 0.344 e. The number of aryl methyl sites for hydroxylation is 1. The van der Waals surface area contributed by atoms with Crippen molar-refractivity contribution in [3.05, 3.63) is 87.7 Å². The van der Waals surface area contributed by atoms with Crippen molar-refractivity contribution in [2.75, 3.05) is 13.7 Å². The molecule has 0 spiro atoms. The zero-order valence-corrected chi connectivity index (χ0v) is 23.1. The van der Waals surface area contributed by atoms with Crippen LogP contribution in [0.4, 0.5) is 0 Å². The van der Waals surface area contributed by atoms with E-state index in [9.17, 15) is 9.59 Å². The lowest BCUT2D eigenvalue weighted by Crippen LogP contribution is -2.21. The van der Waals surface area contributed by atoms with Gasteiger partial charge >= 0.3 is 5.97 Å². The van der Waals surface area contributed by atoms with Gasteiger partial charge in [0.15, 0.2) is 12.4 Å². The molecule has 0 radical (unpaired) electrons. The van der Waals surface area contributed by atoms with Crippen molar-refractivity contribution >= 4 is 23.1 Å². The molecule has 202 valence electrons. The summed E-state index contributed by atoms with van der Waals surface area (Å²) in [5, 5.41) is 5.04. The summed E-state index contributed by atoms with van der Waals surface area (Å²) >= 11 is 0. The van der Waals surface area contributed by atoms with Crippen LogP contribution in [0.3, 0.4) is 0 Å². The van der Waals surface area contributed by atoms with Gasteiger partial charge in [0, 0.05) is 5.56 Å². The third kappa shape index (κ3) is 6.34. The van der Waals surface area contributed by atoms with Crippen molar-refractivity contribution in [3.63, 3.8) is 0 Å². The van der Waals surface area contributed by atoms with Crippen LogP contribution >= 0.6 is 0 Å². The molecule has 0 atom stereocenters. The molecule has 0 amide bonds. The fourth-order valence-corrected chi connectivity index (χ4v) is 4.22. The molecular weight excluding hydrogens is 494 g/mol. The predicted molar refractivity (Wildman–Crippen MR) is 153 cm³/mol. The second-order valence-corrected chi connectivity index (χ2v) is 9.78. The van der Waals surface area contributed by atoms with E-state index in [1.807, 2.05) is 37.3 Å². The Morgan fingerprint density at radius 2 is 1.82 bits per heavy atom. The molecule has 0 saturated heterocycles. The molecule has 0 fully saturated rings. The highest BCUT2D eigenvalue weighted by Crippen LogP contribution is 2.34. The molecule has 39 heavy (non-hydrogen) atoms. The van der Waals surface area contributed by atoms with E-state index in [1.54, 1.807) is 57.5 Å². The maximum Gasteiger partial charge on any atom is 0.344 e. The average Bonchev–Trinajstić information content (AvgIpc) is 2.91. The van der Waals surface area contributed by atoms with E-state index >= 15 is 0 Å². The van der Waals surface area contributed by atoms with Crippen LogP contribution in [0, 0.1) is 6.92 Å². The van der Waals surface area contributed by atoms with Gasteiger partial charge in [0.05, 0.1) is 30.3 Å². The number of carbonyl (C=O) groups excluding carboxylic acids is 1. The van der Waals surface area contributed by atoms with E-state index in [1.165, 1.54) is 4.68 Å². The maximum absolute atomic E-state index is 13.6.